The topological polar surface area (TPSA) is 58.6 Å². The SMILES string of the molecule is COC(=O)C1(CNC(=O)c2cccc(C3CCCN(C)C3)c2)CC1. The Hall–Kier alpha value is -1.88. The highest BCUT2D eigenvalue weighted by Crippen LogP contribution is 2.46. The summed E-state index contributed by atoms with van der Waals surface area (Å²) in [5.74, 6) is 0.152. The van der Waals surface area contributed by atoms with Gasteiger partial charge < -0.3 is 15.0 Å². The second-order valence-electron chi connectivity index (χ2n) is 7.18. The van der Waals surface area contributed by atoms with E-state index in [0.29, 0.717) is 18.0 Å². The van der Waals surface area contributed by atoms with Gasteiger partial charge in [-0.2, -0.15) is 0 Å². The molecule has 0 radical (unpaired) electrons. The van der Waals surface area contributed by atoms with Crippen molar-refractivity contribution in [3.05, 3.63) is 35.4 Å². The number of nitrogens with one attached hydrogen (secondary N) is 1. The van der Waals surface area contributed by atoms with E-state index in [-0.39, 0.29) is 11.9 Å². The molecule has 1 N–H and O–H groups in total. The van der Waals surface area contributed by atoms with Crippen molar-refractivity contribution in [1.82, 2.24) is 10.2 Å². The maximum absolute atomic E-state index is 12.5. The molecule has 1 unspecified atom stereocenters. The summed E-state index contributed by atoms with van der Waals surface area (Å²) in [5, 5.41) is 2.91. The number of esters is 1. The van der Waals surface area contributed by atoms with Gasteiger partial charge in [0.25, 0.3) is 5.91 Å². The maximum atomic E-state index is 12.5. The van der Waals surface area contributed by atoms with E-state index in [4.69, 9.17) is 4.74 Å². The monoisotopic (exact) mass is 330 g/mol. The van der Waals surface area contributed by atoms with Crippen molar-refractivity contribution in [2.75, 3.05) is 33.8 Å². The lowest BCUT2D eigenvalue weighted by atomic mass is 9.90. The molecule has 1 atom stereocenters. The molecule has 5 nitrogen and oxygen atoms in total. The van der Waals surface area contributed by atoms with Crippen LogP contribution in [-0.4, -0.2) is 50.6 Å². The second kappa shape index (κ2) is 6.93. The van der Waals surface area contributed by atoms with Crippen molar-refractivity contribution in [1.29, 1.82) is 0 Å². The summed E-state index contributed by atoms with van der Waals surface area (Å²) in [6, 6.07) is 7.89. The van der Waals surface area contributed by atoms with Crippen LogP contribution in [0.15, 0.2) is 24.3 Å². The molecule has 1 saturated heterocycles. The number of nitrogens with zero attached hydrogens (tertiary/aromatic N) is 1. The molecule has 1 aromatic carbocycles. The molecule has 1 aliphatic carbocycles. The Kier molecular flexibility index (Phi) is 4.90. The van der Waals surface area contributed by atoms with E-state index in [9.17, 15) is 9.59 Å². The number of rotatable bonds is 5. The summed E-state index contributed by atoms with van der Waals surface area (Å²) in [6.45, 7) is 2.54. The maximum Gasteiger partial charge on any atom is 0.313 e. The fourth-order valence-electron chi connectivity index (χ4n) is 3.54. The molecule has 0 bridgehead atoms. The minimum Gasteiger partial charge on any atom is -0.469 e. The van der Waals surface area contributed by atoms with Crippen molar-refractivity contribution in [3.63, 3.8) is 0 Å². The Balaban J connectivity index is 1.63. The zero-order valence-electron chi connectivity index (χ0n) is 14.5. The van der Waals surface area contributed by atoms with Crippen molar-refractivity contribution in [2.24, 2.45) is 5.41 Å². The summed E-state index contributed by atoms with van der Waals surface area (Å²) < 4.78 is 4.83. The van der Waals surface area contributed by atoms with Gasteiger partial charge in [0.15, 0.2) is 0 Å². The number of hydrogen-bond donors (Lipinski definition) is 1. The molecule has 0 spiro atoms. The number of methoxy groups -OCH3 is 1. The number of likely N-dealkylation sites (tertiary alicyclic amines) is 1. The van der Waals surface area contributed by atoms with Crippen LogP contribution in [0.3, 0.4) is 0 Å². The summed E-state index contributed by atoms with van der Waals surface area (Å²) >= 11 is 0. The van der Waals surface area contributed by atoms with Crippen LogP contribution in [0.2, 0.25) is 0 Å². The highest BCUT2D eigenvalue weighted by atomic mass is 16.5. The van der Waals surface area contributed by atoms with Gasteiger partial charge >= 0.3 is 5.97 Å². The molecule has 2 fully saturated rings. The van der Waals surface area contributed by atoms with Crippen molar-refractivity contribution in [2.45, 2.75) is 31.6 Å². The molecule has 0 aromatic heterocycles. The number of benzene rings is 1. The lowest BCUT2D eigenvalue weighted by Crippen LogP contribution is -2.35. The number of hydrogen-bond acceptors (Lipinski definition) is 4. The van der Waals surface area contributed by atoms with Gasteiger partial charge in [-0.3, -0.25) is 9.59 Å². The molecular formula is C19H26N2O3. The van der Waals surface area contributed by atoms with Crippen LogP contribution in [0.5, 0.6) is 0 Å². The van der Waals surface area contributed by atoms with Gasteiger partial charge in [0.1, 0.15) is 0 Å². The van der Waals surface area contributed by atoms with Crippen molar-refractivity contribution in [3.8, 4) is 0 Å². The Bertz CT molecular complexity index is 625. The van der Waals surface area contributed by atoms with E-state index in [1.807, 2.05) is 18.2 Å². The van der Waals surface area contributed by atoms with Crippen LogP contribution in [-0.2, 0) is 9.53 Å². The minimum absolute atomic E-state index is 0.115. The third-order valence-corrected chi connectivity index (χ3v) is 5.30. The molecule has 24 heavy (non-hydrogen) atoms. The summed E-state index contributed by atoms with van der Waals surface area (Å²) in [5.41, 5.74) is 1.40. The van der Waals surface area contributed by atoms with E-state index < -0.39 is 5.41 Å². The van der Waals surface area contributed by atoms with E-state index in [1.165, 1.54) is 25.5 Å². The first-order valence-corrected chi connectivity index (χ1v) is 8.69. The highest BCUT2D eigenvalue weighted by Gasteiger charge is 2.51. The molecule has 2 aliphatic rings. The molecule has 1 aliphatic heterocycles. The van der Waals surface area contributed by atoms with Gasteiger partial charge in [-0.05, 0) is 62.9 Å². The standard InChI is InChI=1S/C19H26N2O3/c1-21-10-4-7-16(12-21)14-5-3-6-15(11-14)17(22)20-13-19(8-9-19)18(23)24-2/h3,5-6,11,16H,4,7-10,12-13H2,1-2H3,(H,20,22). The largest absolute Gasteiger partial charge is 0.469 e. The van der Waals surface area contributed by atoms with Crippen LogP contribution in [0.25, 0.3) is 0 Å². The van der Waals surface area contributed by atoms with Crippen LogP contribution in [0.4, 0.5) is 0 Å². The number of carbonyl (C=O) groups is 2. The number of amides is 1. The van der Waals surface area contributed by atoms with Gasteiger partial charge in [0.2, 0.25) is 0 Å². The molecule has 5 heteroatoms. The molecule has 1 amide bonds. The van der Waals surface area contributed by atoms with Crippen LogP contribution < -0.4 is 5.32 Å². The Morgan fingerprint density at radius 1 is 1.38 bits per heavy atom. The number of likely N-dealkylation sites (N-methyl/N-ethyl adjacent to an activating group) is 1. The first-order chi connectivity index (χ1) is 11.5. The Labute approximate surface area is 143 Å². The Morgan fingerprint density at radius 2 is 2.17 bits per heavy atom. The van der Waals surface area contributed by atoms with E-state index in [1.54, 1.807) is 0 Å². The zero-order valence-corrected chi connectivity index (χ0v) is 14.5. The van der Waals surface area contributed by atoms with Crippen molar-refractivity contribution < 1.29 is 14.3 Å². The van der Waals surface area contributed by atoms with E-state index in [0.717, 1.165) is 25.9 Å². The molecule has 3 rings (SSSR count). The lowest BCUT2D eigenvalue weighted by molar-refractivity contribution is -0.146. The van der Waals surface area contributed by atoms with Crippen molar-refractivity contribution >= 4 is 11.9 Å². The van der Waals surface area contributed by atoms with Gasteiger partial charge in [-0.25, -0.2) is 0 Å². The van der Waals surface area contributed by atoms with Crippen LogP contribution >= 0.6 is 0 Å². The molecule has 1 heterocycles. The second-order valence-corrected chi connectivity index (χ2v) is 7.18. The summed E-state index contributed by atoms with van der Waals surface area (Å²) in [4.78, 5) is 26.6. The Morgan fingerprint density at radius 3 is 2.83 bits per heavy atom. The fraction of sp³-hybridized carbons (Fsp3) is 0.579. The van der Waals surface area contributed by atoms with Gasteiger partial charge in [-0.1, -0.05) is 12.1 Å². The first kappa shape index (κ1) is 17.0. The van der Waals surface area contributed by atoms with Gasteiger partial charge in [0.05, 0.1) is 12.5 Å². The van der Waals surface area contributed by atoms with Gasteiger partial charge in [0, 0.05) is 18.7 Å². The summed E-state index contributed by atoms with van der Waals surface area (Å²) in [7, 11) is 3.54. The van der Waals surface area contributed by atoms with E-state index >= 15 is 0 Å². The van der Waals surface area contributed by atoms with Crippen LogP contribution in [0, 0.1) is 5.41 Å². The summed E-state index contributed by atoms with van der Waals surface area (Å²) in [6.07, 6.45) is 3.93. The first-order valence-electron chi connectivity index (χ1n) is 8.69. The van der Waals surface area contributed by atoms with E-state index in [2.05, 4.69) is 23.3 Å². The zero-order chi connectivity index (χ0) is 17.2. The minimum atomic E-state index is -0.492. The molecule has 1 aromatic rings. The highest BCUT2D eigenvalue weighted by molar-refractivity contribution is 5.95. The quantitative estimate of drug-likeness (QED) is 0.841. The predicted molar refractivity (Wildman–Crippen MR) is 91.9 cm³/mol. The normalized spacial score (nSPS) is 22.7. The number of carbonyl (C=O) groups excluding carboxylic acids is 2. The molecular weight excluding hydrogens is 304 g/mol. The third-order valence-electron chi connectivity index (χ3n) is 5.30. The molecule has 1 saturated carbocycles. The molecule has 130 valence electrons. The average Bonchev–Trinajstić information content (AvgIpc) is 3.40. The van der Waals surface area contributed by atoms with Crippen LogP contribution in [0.1, 0.15) is 47.5 Å². The lowest BCUT2D eigenvalue weighted by Gasteiger charge is -2.30. The van der Waals surface area contributed by atoms with Gasteiger partial charge in [-0.15, -0.1) is 0 Å². The fourth-order valence-corrected chi connectivity index (χ4v) is 3.54. The smallest absolute Gasteiger partial charge is 0.313 e. The third kappa shape index (κ3) is 3.61. The number of piperidine rings is 1. The number of ether oxygens (including phenoxy) is 1. The predicted octanol–water partition coefficient (Wildman–Crippen LogP) is 2.18. The average molecular weight is 330 g/mol.